The smallest absolute Gasteiger partial charge is 1.00 e. The summed E-state index contributed by atoms with van der Waals surface area (Å²) in [5, 5.41) is 13.0. The van der Waals surface area contributed by atoms with E-state index in [4.69, 9.17) is 23.2 Å². The Hall–Kier alpha value is 0.290. The second-order valence-electron chi connectivity index (χ2n) is 3.92. The number of hydrogen-bond donors (Lipinski definition) is 2. The van der Waals surface area contributed by atoms with Crippen LogP contribution in [0.4, 0.5) is 5.69 Å². The largest absolute Gasteiger partial charge is 1.00 e. The average molecular weight is 344 g/mol. The van der Waals surface area contributed by atoms with E-state index in [1.165, 1.54) is 0 Å². The van der Waals surface area contributed by atoms with Crippen LogP contribution in [0.5, 0.6) is 0 Å². The molecule has 2 rings (SSSR count). The van der Waals surface area contributed by atoms with Crippen molar-refractivity contribution in [1.82, 2.24) is 0 Å². The molecule has 0 amide bonds. The number of carboxylic acid groups (broad SMARTS) is 1. The Balaban J connectivity index is -0.000001000. The van der Waals surface area contributed by atoms with Gasteiger partial charge in [0.2, 0.25) is 0 Å². The fourth-order valence-corrected chi connectivity index (χ4v) is 2.22. The minimum absolute atomic E-state index is 0. The van der Waals surface area contributed by atoms with Gasteiger partial charge in [-0.2, -0.15) is 0 Å². The first-order chi connectivity index (χ1) is 9.09. The molecule has 2 aromatic carbocycles. The molecular weight excluding hydrogens is 331 g/mol. The van der Waals surface area contributed by atoms with Crippen molar-refractivity contribution < 1.29 is 71.9 Å². The summed E-state index contributed by atoms with van der Waals surface area (Å²) >= 11 is 12.1. The molecule has 0 saturated heterocycles. The minimum atomic E-state index is -0.998. The van der Waals surface area contributed by atoms with E-state index in [0.717, 1.165) is 0 Å². The Labute approximate surface area is 180 Å². The summed E-state index contributed by atoms with van der Waals surface area (Å²) in [5.74, 6) is -0.998. The second-order valence-corrected chi connectivity index (χ2v) is 4.74. The van der Waals surface area contributed by atoms with Gasteiger partial charge in [-0.05, 0) is 17.7 Å². The Morgan fingerprint density at radius 2 is 1.52 bits per heavy atom. The van der Waals surface area contributed by atoms with Gasteiger partial charge in [0.05, 0.1) is 15.7 Å². The van der Waals surface area contributed by atoms with Gasteiger partial charge in [0.1, 0.15) is 0 Å². The molecule has 21 heavy (non-hydrogen) atoms. The van der Waals surface area contributed by atoms with Crippen LogP contribution in [0.1, 0.15) is 14.5 Å². The van der Waals surface area contributed by atoms with Gasteiger partial charge in [0.25, 0.3) is 0 Å². The maximum Gasteiger partial charge on any atom is 1.00 e. The van der Waals surface area contributed by atoms with Crippen molar-refractivity contribution in [2.24, 2.45) is 0 Å². The van der Waals surface area contributed by atoms with Gasteiger partial charge in [-0.15, -0.1) is 0 Å². The first-order valence-electron chi connectivity index (χ1n) is 5.58. The zero-order valence-corrected chi connectivity index (χ0v) is 17.3. The predicted molar refractivity (Wildman–Crippen MR) is 79.1 cm³/mol. The molecule has 0 aliphatic carbocycles. The number of halogens is 2. The molecule has 3 nitrogen and oxygen atoms in total. The molecule has 7 heteroatoms. The number of aliphatic carboxylic acids is 1. The van der Waals surface area contributed by atoms with Crippen LogP contribution in [0.3, 0.4) is 0 Å². The summed E-state index contributed by atoms with van der Waals surface area (Å²) in [7, 11) is 0. The first-order valence-corrected chi connectivity index (χ1v) is 6.33. The Morgan fingerprint density at radius 3 is 2.00 bits per heavy atom. The summed E-state index contributed by atoms with van der Waals surface area (Å²) in [6.07, 6.45) is 0. The molecule has 0 aliphatic rings. The number of carbonyl (C=O) groups is 1. The molecule has 0 fully saturated rings. The third-order valence-corrected chi connectivity index (χ3v) is 3.26. The van der Waals surface area contributed by atoms with E-state index in [1.807, 2.05) is 6.07 Å². The van der Waals surface area contributed by atoms with Crippen molar-refractivity contribution in [3.8, 4) is 0 Å². The van der Waals surface area contributed by atoms with E-state index in [-0.39, 0.29) is 62.0 Å². The van der Waals surface area contributed by atoms with Gasteiger partial charge >= 0.3 is 65.1 Å². The van der Waals surface area contributed by atoms with Crippen LogP contribution in [-0.2, 0) is 4.79 Å². The van der Waals surface area contributed by atoms with Crippen LogP contribution >= 0.6 is 23.2 Å². The molecule has 0 heterocycles. The molecule has 0 bridgehead atoms. The standard InChI is InChI=1S/C14H11Cl2NO2.2Na.2H/c15-10-7-4-8-11(16)13(10)17-12(14(18)19)9-5-2-1-3-6-9;;;;/h1-8,12,17H,(H,18,19);;;;/q;2*+1;2*-1. The molecule has 102 valence electrons. The van der Waals surface area contributed by atoms with Gasteiger partial charge in [0, 0.05) is 0 Å². The van der Waals surface area contributed by atoms with Crippen molar-refractivity contribution >= 4 is 34.9 Å². The number of para-hydroxylation sites is 1. The molecule has 1 atom stereocenters. The van der Waals surface area contributed by atoms with Gasteiger partial charge < -0.3 is 13.3 Å². The van der Waals surface area contributed by atoms with Gasteiger partial charge in [-0.25, -0.2) is 4.79 Å². The van der Waals surface area contributed by atoms with Gasteiger partial charge in [-0.1, -0.05) is 59.6 Å². The Kier molecular flexibility index (Phi) is 10.3. The van der Waals surface area contributed by atoms with Gasteiger partial charge in [-0.3, -0.25) is 0 Å². The molecule has 0 spiro atoms. The van der Waals surface area contributed by atoms with Crippen LogP contribution in [0.2, 0.25) is 10.0 Å². The zero-order chi connectivity index (χ0) is 13.8. The van der Waals surface area contributed by atoms with Crippen LogP contribution in [0, 0.1) is 0 Å². The topological polar surface area (TPSA) is 49.3 Å². The predicted octanol–water partition coefficient (Wildman–Crippen LogP) is -1.54. The third kappa shape index (κ3) is 5.77. The summed E-state index contributed by atoms with van der Waals surface area (Å²) in [4.78, 5) is 11.4. The summed E-state index contributed by atoms with van der Waals surface area (Å²) in [5.41, 5.74) is 1.05. The number of carboxylic acids is 1. The van der Waals surface area contributed by atoms with Crippen LogP contribution < -0.4 is 64.4 Å². The molecule has 0 aliphatic heterocycles. The van der Waals surface area contributed by atoms with Crippen molar-refractivity contribution in [3.05, 3.63) is 64.1 Å². The number of benzene rings is 2. The summed E-state index contributed by atoms with van der Waals surface area (Å²) in [6.45, 7) is 0. The molecule has 0 saturated carbocycles. The SMILES string of the molecule is O=C(O)C(Nc1c(Cl)cccc1Cl)c1ccccc1.[H-].[H-].[Na+].[Na+]. The van der Waals surface area contributed by atoms with E-state index >= 15 is 0 Å². The fraction of sp³-hybridized carbons (Fsp3) is 0.0714. The van der Waals surface area contributed by atoms with Crippen molar-refractivity contribution in [2.45, 2.75) is 6.04 Å². The normalized spacial score (nSPS) is 10.8. The quantitative estimate of drug-likeness (QED) is 0.662. The van der Waals surface area contributed by atoms with Crippen LogP contribution in [-0.4, -0.2) is 11.1 Å². The van der Waals surface area contributed by atoms with Crippen LogP contribution in [0.15, 0.2) is 48.5 Å². The zero-order valence-electron chi connectivity index (χ0n) is 13.8. The van der Waals surface area contributed by atoms with E-state index in [0.29, 0.717) is 21.3 Å². The molecule has 2 N–H and O–H groups in total. The monoisotopic (exact) mass is 343 g/mol. The number of hydrogen-bond acceptors (Lipinski definition) is 2. The Morgan fingerprint density at radius 1 is 1.00 bits per heavy atom. The number of rotatable bonds is 4. The fourth-order valence-electron chi connectivity index (χ4n) is 1.71. The van der Waals surface area contributed by atoms with Crippen molar-refractivity contribution in [1.29, 1.82) is 0 Å². The number of nitrogens with one attached hydrogen (secondary N) is 1. The minimum Gasteiger partial charge on any atom is -1.00 e. The third-order valence-electron chi connectivity index (χ3n) is 2.63. The van der Waals surface area contributed by atoms with E-state index in [2.05, 4.69) is 5.32 Å². The van der Waals surface area contributed by atoms with Crippen LogP contribution in [0.25, 0.3) is 0 Å². The van der Waals surface area contributed by atoms with E-state index < -0.39 is 12.0 Å². The van der Waals surface area contributed by atoms with E-state index in [1.54, 1.807) is 42.5 Å². The van der Waals surface area contributed by atoms with Crippen molar-refractivity contribution in [2.75, 3.05) is 5.32 Å². The van der Waals surface area contributed by atoms with Crippen molar-refractivity contribution in [3.63, 3.8) is 0 Å². The van der Waals surface area contributed by atoms with Gasteiger partial charge in [0.15, 0.2) is 6.04 Å². The molecule has 0 aromatic heterocycles. The molecular formula is C14H13Cl2NNa2O2. The molecule has 1 unspecified atom stereocenters. The Bertz CT molecular complexity index is 586. The number of anilines is 1. The van der Waals surface area contributed by atoms with E-state index in [9.17, 15) is 9.90 Å². The maximum absolute atomic E-state index is 11.4. The molecule has 0 radical (unpaired) electrons. The molecule has 2 aromatic rings. The summed E-state index contributed by atoms with van der Waals surface area (Å²) < 4.78 is 0. The average Bonchev–Trinajstić information content (AvgIpc) is 2.39. The summed E-state index contributed by atoms with van der Waals surface area (Å²) in [6, 6.07) is 13.0. The maximum atomic E-state index is 11.4. The first kappa shape index (κ1) is 21.3. The second kappa shape index (κ2) is 10.1.